The van der Waals surface area contributed by atoms with E-state index in [0.717, 1.165) is 37.2 Å². The average Bonchev–Trinajstić information content (AvgIpc) is 2.98. The van der Waals surface area contributed by atoms with Gasteiger partial charge in [-0.2, -0.15) is 5.10 Å². The molecule has 0 aliphatic heterocycles. The molecule has 3 nitrogen and oxygen atoms in total. The maximum Gasteiger partial charge on any atom is 0.0798 e. The summed E-state index contributed by atoms with van der Waals surface area (Å²) in [6.45, 7) is 3.14. The zero-order valence-corrected chi connectivity index (χ0v) is 11.9. The summed E-state index contributed by atoms with van der Waals surface area (Å²) in [5.41, 5.74) is 2.13. The first-order valence-electron chi connectivity index (χ1n) is 7.13. The third kappa shape index (κ3) is 3.72. The Morgan fingerprint density at radius 1 is 1.30 bits per heavy atom. The zero-order valence-electron chi connectivity index (χ0n) is 11.9. The molecule has 0 aliphatic rings. The first kappa shape index (κ1) is 14.4. The summed E-state index contributed by atoms with van der Waals surface area (Å²) >= 11 is 0. The van der Waals surface area contributed by atoms with E-state index in [4.69, 9.17) is 6.42 Å². The predicted molar refractivity (Wildman–Crippen MR) is 82.7 cm³/mol. The summed E-state index contributed by atoms with van der Waals surface area (Å²) in [4.78, 5) is 0. The lowest BCUT2D eigenvalue weighted by molar-refractivity contribution is 0.491. The normalized spacial score (nSPS) is 12.0. The number of terminal acetylenes is 1. The van der Waals surface area contributed by atoms with E-state index in [-0.39, 0.29) is 6.04 Å². The molecule has 0 saturated heterocycles. The van der Waals surface area contributed by atoms with Crippen LogP contribution in [0.2, 0.25) is 0 Å². The number of rotatable bonds is 7. The van der Waals surface area contributed by atoms with E-state index in [9.17, 15) is 0 Å². The second-order valence-corrected chi connectivity index (χ2v) is 4.77. The molecule has 1 aromatic carbocycles. The molecule has 0 aliphatic carbocycles. The van der Waals surface area contributed by atoms with Crippen molar-refractivity contribution in [1.82, 2.24) is 15.1 Å². The average molecular weight is 267 g/mol. The Morgan fingerprint density at radius 3 is 2.80 bits per heavy atom. The minimum Gasteiger partial charge on any atom is -0.309 e. The van der Waals surface area contributed by atoms with Crippen molar-refractivity contribution >= 4 is 0 Å². The van der Waals surface area contributed by atoms with E-state index >= 15 is 0 Å². The summed E-state index contributed by atoms with van der Waals surface area (Å²) in [5.74, 6) is 2.71. The molecule has 0 amide bonds. The zero-order chi connectivity index (χ0) is 14.2. The van der Waals surface area contributed by atoms with Gasteiger partial charge in [0.25, 0.3) is 0 Å². The smallest absolute Gasteiger partial charge is 0.0798 e. The number of nitrogens with one attached hydrogen (secondary N) is 1. The van der Waals surface area contributed by atoms with Crippen LogP contribution in [0.3, 0.4) is 0 Å². The summed E-state index contributed by atoms with van der Waals surface area (Å²) < 4.78 is 1.91. The van der Waals surface area contributed by atoms with Crippen LogP contribution >= 0.6 is 0 Å². The van der Waals surface area contributed by atoms with Crippen molar-refractivity contribution in [2.75, 3.05) is 6.54 Å². The van der Waals surface area contributed by atoms with Crippen molar-refractivity contribution in [3.63, 3.8) is 0 Å². The highest BCUT2D eigenvalue weighted by Crippen LogP contribution is 2.18. The topological polar surface area (TPSA) is 29.9 Å². The first-order chi connectivity index (χ1) is 9.85. The number of benzene rings is 1. The molecule has 1 unspecified atom stereocenters. The fraction of sp³-hybridized carbons (Fsp3) is 0.353. The molecule has 0 radical (unpaired) electrons. The van der Waals surface area contributed by atoms with Gasteiger partial charge < -0.3 is 5.32 Å². The molecule has 2 aromatic rings. The van der Waals surface area contributed by atoms with Crippen molar-refractivity contribution in [3.05, 3.63) is 48.3 Å². The summed E-state index contributed by atoms with van der Waals surface area (Å²) in [6.07, 6.45) is 10.2. The second-order valence-electron chi connectivity index (χ2n) is 4.77. The molecule has 104 valence electrons. The molecule has 0 fully saturated rings. The van der Waals surface area contributed by atoms with Crippen LogP contribution in [-0.2, 0) is 0 Å². The summed E-state index contributed by atoms with van der Waals surface area (Å²) in [6, 6.07) is 12.4. The Hall–Kier alpha value is -2.05. The van der Waals surface area contributed by atoms with Crippen LogP contribution in [0.15, 0.2) is 42.6 Å². The van der Waals surface area contributed by atoms with Crippen molar-refractivity contribution in [2.45, 2.75) is 32.2 Å². The highest BCUT2D eigenvalue weighted by Gasteiger charge is 2.13. The molecule has 0 saturated carbocycles. The number of para-hydroxylation sites is 1. The van der Waals surface area contributed by atoms with Gasteiger partial charge in [-0.3, -0.25) is 0 Å². The Balaban J connectivity index is 2.13. The highest BCUT2D eigenvalue weighted by atomic mass is 15.3. The van der Waals surface area contributed by atoms with Crippen LogP contribution in [-0.4, -0.2) is 16.3 Å². The van der Waals surface area contributed by atoms with Gasteiger partial charge in [-0.25, -0.2) is 4.68 Å². The van der Waals surface area contributed by atoms with E-state index in [1.165, 1.54) is 0 Å². The SMILES string of the molecule is C#CCCC(NCCC)c1ccn(-c2ccccc2)n1. The van der Waals surface area contributed by atoms with Gasteiger partial charge in [0, 0.05) is 12.6 Å². The van der Waals surface area contributed by atoms with E-state index in [1.807, 2.05) is 41.2 Å². The molecule has 20 heavy (non-hydrogen) atoms. The molecular weight excluding hydrogens is 246 g/mol. The number of hydrogen-bond donors (Lipinski definition) is 1. The Bertz CT molecular complexity index is 551. The largest absolute Gasteiger partial charge is 0.309 e. The van der Waals surface area contributed by atoms with Gasteiger partial charge >= 0.3 is 0 Å². The van der Waals surface area contributed by atoms with Crippen LogP contribution in [0, 0.1) is 12.3 Å². The van der Waals surface area contributed by atoms with Gasteiger partial charge in [-0.05, 0) is 37.6 Å². The van der Waals surface area contributed by atoms with Crippen molar-refractivity contribution < 1.29 is 0 Å². The maximum atomic E-state index is 5.38. The molecule has 2 rings (SSSR count). The van der Waals surface area contributed by atoms with E-state index in [1.54, 1.807) is 0 Å². The van der Waals surface area contributed by atoms with Crippen molar-refractivity contribution in [3.8, 4) is 18.0 Å². The Labute approximate surface area is 121 Å². The van der Waals surface area contributed by atoms with Crippen LogP contribution in [0.1, 0.15) is 37.9 Å². The van der Waals surface area contributed by atoms with Gasteiger partial charge in [0.05, 0.1) is 17.4 Å². The van der Waals surface area contributed by atoms with Gasteiger partial charge in [-0.1, -0.05) is 25.1 Å². The molecule has 3 heteroatoms. The quantitative estimate of drug-likeness (QED) is 0.780. The monoisotopic (exact) mass is 267 g/mol. The van der Waals surface area contributed by atoms with Crippen LogP contribution in [0.5, 0.6) is 0 Å². The Morgan fingerprint density at radius 2 is 2.10 bits per heavy atom. The van der Waals surface area contributed by atoms with Crippen molar-refractivity contribution in [2.24, 2.45) is 0 Å². The van der Waals surface area contributed by atoms with Crippen LogP contribution in [0.4, 0.5) is 0 Å². The summed E-state index contributed by atoms with van der Waals surface area (Å²) in [7, 11) is 0. The number of nitrogens with zero attached hydrogens (tertiary/aromatic N) is 2. The number of aromatic nitrogens is 2. The third-order valence-corrected chi connectivity index (χ3v) is 3.21. The molecule has 1 aromatic heterocycles. The van der Waals surface area contributed by atoms with Gasteiger partial charge in [0.15, 0.2) is 0 Å². The maximum absolute atomic E-state index is 5.38. The van der Waals surface area contributed by atoms with Crippen molar-refractivity contribution in [1.29, 1.82) is 0 Å². The van der Waals surface area contributed by atoms with E-state index < -0.39 is 0 Å². The molecule has 0 bridgehead atoms. The standard InChI is InChI=1S/C17H21N3/c1-3-5-11-16(18-13-4-2)17-12-14-20(19-17)15-9-7-6-8-10-15/h1,6-10,12,14,16,18H,4-5,11,13H2,2H3. The Kier molecular flexibility index (Phi) is 5.40. The lowest BCUT2D eigenvalue weighted by Gasteiger charge is -2.15. The minimum atomic E-state index is 0.232. The molecule has 0 spiro atoms. The molecule has 1 N–H and O–H groups in total. The van der Waals surface area contributed by atoms with E-state index in [0.29, 0.717) is 0 Å². The fourth-order valence-corrected chi connectivity index (χ4v) is 2.15. The van der Waals surface area contributed by atoms with Gasteiger partial charge in [0.1, 0.15) is 0 Å². The molecule has 1 heterocycles. The lowest BCUT2D eigenvalue weighted by Crippen LogP contribution is -2.22. The molecule has 1 atom stereocenters. The lowest BCUT2D eigenvalue weighted by atomic mass is 10.1. The third-order valence-electron chi connectivity index (χ3n) is 3.21. The molecular formula is C17H21N3. The highest BCUT2D eigenvalue weighted by molar-refractivity contribution is 5.30. The predicted octanol–water partition coefficient (Wildman–Crippen LogP) is 3.33. The number of hydrogen-bond acceptors (Lipinski definition) is 2. The minimum absolute atomic E-state index is 0.232. The fourth-order valence-electron chi connectivity index (χ4n) is 2.15. The van der Waals surface area contributed by atoms with Crippen LogP contribution in [0.25, 0.3) is 5.69 Å². The van der Waals surface area contributed by atoms with Crippen LogP contribution < -0.4 is 5.32 Å². The summed E-state index contributed by atoms with van der Waals surface area (Å²) in [5, 5.41) is 8.19. The van der Waals surface area contributed by atoms with E-state index in [2.05, 4.69) is 29.3 Å². The van der Waals surface area contributed by atoms with Gasteiger partial charge in [0.2, 0.25) is 0 Å². The second kappa shape index (κ2) is 7.52. The first-order valence-corrected chi connectivity index (χ1v) is 7.13. The van der Waals surface area contributed by atoms with Gasteiger partial charge in [-0.15, -0.1) is 12.3 Å².